The van der Waals surface area contributed by atoms with Crippen molar-refractivity contribution in [2.75, 3.05) is 7.11 Å². The Balaban J connectivity index is 1.44. The van der Waals surface area contributed by atoms with E-state index in [1.807, 2.05) is 65.2 Å². The van der Waals surface area contributed by atoms with E-state index in [0.717, 1.165) is 33.5 Å². The first kappa shape index (κ1) is 21.2. The van der Waals surface area contributed by atoms with E-state index in [4.69, 9.17) is 20.8 Å². The number of ether oxygens (including phenoxy) is 1. The van der Waals surface area contributed by atoms with E-state index in [1.54, 1.807) is 25.7 Å². The van der Waals surface area contributed by atoms with Crippen molar-refractivity contribution >= 4 is 23.4 Å². The SMILES string of the molecule is COc1ccc(-n2c(SCc3ncc(-c4cccc(Cl)c4)o3)nnc2-c2ccncc2)cc1. The molecule has 0 aliphatic heterocycles. The summed E-state index contributed by atoms with van der Waals surface area (Å²) in [7, 11) is 1.64. The van der Waals surface area contributed by atoms with E-state index >= 15 is 0 Å². The monoisotopic (exact) mass is 475 g/mol. The topological polar surface area (TPSA) is 78.9 Å². The third kappa shape index (κ3) is 4.62. The van der Waals surface area contributed by atoms with Gasteiger partial charge in [0.25, 0.3) is 0 Å². The number of benzene rings is 2. The van der Waals surface area contributed by atoms with Crippen molar-refractivity contribution in [2.24, 2.45) is 0 Å². The highest BCUT2D eigenvalue weighted by Gasteiger charge is 2.17. The number of halogens is 1. The van der Waals surface area contributed by atoms with E-state index in [2.05, 4.69) is 20.2 Å². The molecule has 0 N–H and O–H groups in total. The summed E-state index contributed by atoms with van der Waals surface area (Å²) in [6.45, 7) is 0. The van der Waals surface area contributed by atoms with Gasteiger partial charge in [0.15, 0.2) is 16.7 Å². The van der Waals surface area contributed by atoms with Crippen LogP contribution in [0.3, 0.4) is 0 Å². The van der Waals surface area contributed by atoms with Crippen LogP contribution in [-0.4, -0.2) is 31.8 Å². The van der Waals surface area contributed by atoms with Crippen LogP contribution in [0.25, 0.3) is 28.4 Å². The molecular formula is C24H18ClN5O2S. The van der Waals surface area contributed by atoms with E-state index < -0.39 is 0 Å². The molecule has 0 saturated carbocycles. The summed E-state index contributed by atoms with van der Waals surface area (Å²) in [6.07, 6.45) is 5.18. The second kappa shape index (κ2) is 9.48. The fourth-order valence-corrected chi connectivity index (χ4v) is 4.29. The van der Waals surface area contributed by atoms with Crippen molar-refractivity contribution in [1.29, 1.82) is 0 Å². The summed E-state index contributed by atoms with van der Waals surface area (Å²) in [6, 6.07) is 19.1. The molecule has 0 aliphatic carbocycles. The molecule has 7 nitrogen and oxygen atoms in total. The Hall–Kier alpha value is -3.62. The predicted molar refractivity (Wildman–Crippen MR) is 128 cm³/mol. The van der Waals surface area contributed by atoms with Crippen molar-refractivity contribution in [3.05, 3.63) is 90.2 Å². The number of hydrogen-bond acceptors (Lipinski definition) is 7. The van der Waals surface area contributed by atoms with Gasteiger partial charge < -0.3 is 9.15 Å². The van der Waals surface area contributed by atoms with Crippen LogP contribution in [0.4, 0.5) is 0 Å². The molecule has 0 amide bonds. The van der Waals surface area contributed by atoms with Crippen LogP contribution in [-0.2, 0) is 5.75 Å². The maximum Gasteiger partial charge on any atom is 0.205 e. The standard InChI is InChI=1S/C24H18ClN5O2S/c1-31-20-7-5-19(6-8-20)30-23(16-9-11-26-12-10-16)28-29-24(30)33-15-22-27-14-21(32-22)17-3-2-4-18(25)13-17/h2-14H,15H2,1H3. The van der Waals surface area contributed by atoms with Gasteiger partial charge in [-0.1, -0.05) is 35.5 Å². The first-order chi connectivity index (χ1) is 16.2. The van der Waals surface area contributed by atoms with Crippen LogP contribution >= 0.6 is 23.4 Å². The number of oxazole rings is 1. The maximum absolute atomic E-state index is 6.09. The Morgan fingerprint density at radius 3 is 2.58 bits per heavy atom. The molecule has 0 atom stereocenters. The molecule has 3 aromatic heterocycles. The third-order valence-corrected chi connectivity index (χ3v) is 6.04. The molecule has 9 heteroatoms. The zero-order valence-corrected chi connectivity index (χ0v) is 19.1. The van der Waals surface area contributed by atoms with Gasteiger partial charge in [0, 0.05) is 34.2 Å². The molecule has 0 aliphatic rings. The fourth-order valence-electron chi connectivity index (χ4n) is 3.29. The summed E-state index contributed by atoms with van der Waals surface area (Å²) in [5.41, 5.74) is 2.72. The van der Waals surface area contributed by atoms with Crippen LogP contribution in [0.2, 0.25) is 5.02 Å². The average Bonchev–Trinajstić information content (AvgIpc) is 3.51. The van der Waals surface area contributed by atoms with Crippen LogP contribution in [0.15, 0.2) is 88.8 Å². The number of nitrogens with zero attached hydrogens (tertiary/aromatic N) is 5. The van der Waals surface area contributed by atoms with Gasteiger partial charge in [0.1, 0.15) is 5.75 Å². The van der Waals surface area contributed by atoms with E-state index in [-0.39, 0.29) is 0 Å². The first-order valence-electron chi connectivity index (χ1n) is 10.0. The van der Waals surface area contributed by atoms with Gasteiger partial charge in [0.05, 0.1) is 19.1 Å². The lowest BCUT2D eigenvalue weighted by Gasteiger charge is -2.10. The van der Waals surface area contributed by atoms with Crippen molar-refractivity contribution < 1.29 is 9.15 Å². The van der Waals surface area contributed by atoms with Gasteiger partial charge >= 0.3 is 0 Å². The number of rotatable bonds is 7. The molecular weight excluding hydrogens is 458 g/mol. The molecule has 5 aromatic rings. The lowest BCUT2D eigenvalue weighted by molar-refractivity contribution is 0.414. The molecule has 164 valence electrons. The molecule has 0 bridgehead atoms. The summed E-state index contributed by atoms with van der Waals surface area (Å²) < 4.78 is 13.2. The lowest BCUT2D eigenvalue weighted by atomic mass is 10.2. The Bertz CT molecular complexity index is 1370. The Labute approximate surface area is 199 Å². The molecule has 33 heavy (non-hydrogen) atoms. The minimum absolute atomic E-state index is 0.491. The number of hydrogen-bond donors (Lipinski definition) is 0. The van der Waals surface area contributed by atoms with Crippen LogP contribution in [0, 0.1) is 0 Å². The van der Waals surface area contributed by atoms with Gasteiger partial charge in [-0.3, -0.25) is 9.55 Å². The molecule has 0 fully saturated rings. The van der Waals surface area contributed by atoms with Gasteiger partial charge in [-0.15, -0.1) is 10.2 Å². The maximum atomic E-state index is 6.09. The minimum Gasteiger partial charge on any atom is -0.497 e. The van der Waals surface area contributed by atoms with Gasteiger partial charge in [-0.2, -0.15) is 0 Å². The smallest absolute Gasteiger partial charge is 0.205 e. The number of pyridine rings is 1. The third-order valence-electron chi connectivity index (χ3n) is 4.89. The van der Waals surface area contributed by atoms with E-state index in [9.17, 15) is 0 Å². The summed E-state index contributed by atoms with van der Waals surface area (Å²) in [5, 5.41) is 10.3. The molecule has 3 heterocycles. The number of aromatic nitrogens is 5. The summed E-state index contributed by atoms with van der Waals surface area (Å²) in [4.78, 5) is 8.52. The van der Waals surface area contributed by atoms with Crippen molar-refractivity contribution in [2.45, 2.75) is 10.9 Å². The second-order valence-electron chi connectivity index (χ2n) is 6.99. The second-order valence-corrected chi connectivity index (χ2v) is 8.37. The molecule has 5 rings (SSSR count). The van der Waals surface area contributed by atoms with Crippen molar-refractivity contribution in [3.8, 4) is 34.1 Å². The quantitative estimate of drug-likeness (QED) is 0.269. The summed E-state index contributed by atoms with van der Waals surface area (Å²) in [5.74, 6) is 3.24. The molecule has 0 unspecified atom stereocenters. The zero-order chi connectivity index (χ0) is 22.6. The van der Waals surface area contributed by atoms with Crippen LogP contribution < -0.4 is 4.74 Å². The molecule has 2 aromatic carbocycles. The zero-order valence-electron chi connectivity index (χ0n) is 17.6. The largest absolute Gasteiger partial charge is 0.497 e. The van der Waals surface area contributed by atoms with E-state index in [0.29, 0.717) is 22.4 Å². The highest BCUT2D eigenvalue weighted by atomic mass is 35.5. The van der Waals surface area contributed by atoms with Gasteiger partial charge in [-0.25, -0.2) is 4.98 Å². The van der Waals surface area contributed by atoms with Crippen molar-refractivity contribution in [3.63, 3.8) is 0 Å². The first-order valence-corrected chi connectivity index (χ1v) is 11.4. The highest BCUT2D eigenvalue weighted by Crippen LogP contribution is 2.31. The minimum atomic E-state index is 0.491. The highest BCUT2D eigenvalue weighted by molar-refractivity contribution is 7.98. The molecule has 0 saturated heterocycles. The van der Waals surface area contributed by atoms with E-state index in [1.165, 1.54) is 11.8 Å². The lowest BCUT2D eigenvalue weighted by Crippen LogP contribution is -2.00. The predicted octanol–water partition coefficient (Wildman–Crippen LogP) is 5.94. The average molecular weight is 476 g/mol. The van der Waals surface area contributed by atoms with Crippen molar-refractivity contribution in [1.82, 2.24) is 24.7 Å². The Kier molecular flexibility index (Phi) is 6.10. The van der Waals surface area contributed by atoms with Gasteiger partial charge in [0.2, 0.25) is 5.89 Å². The van der Waals surface area contributed by atoms with Gasteiger partial charge in [-0.05, 0) is 48.5 Å². The Morgan fingerprint density at radius 2 is 1.82 bits per heavy atom. The molecule has 0 radical (unpaired) electrons. The number of methoxy groups -OCH3 is 1. The normalized spacial score (nSPS) is 11.0. The van der Waals surface area contributed by atoms with Crippen LogP contribution in [0.5, 0.6) is 5.75 Å². The summed E-state index contributed by atoms with van der Waals surface area (Å²) >= 11 is 7.59. The number of thioether (sulfide) groups is 1. The fraction of sp³-hybridized carbons (Fsp3) is 0.0833. The Morgan fingerprint density at radius 1 is 1.00 bits per heavy atom. The van der Waals surface area contributed by atoms with Crippen LogP contribution in [0.1, 0.15) is 5.89 Å². The molecule has 0 spiro atoms.